The number of fused-ring (bicyclic) bond motifs is 1. The summed E-state index contributed by atoms with van der Waals surface area (Å²) >= 11 is 0. The number of hydrogen-bond acceptors (Lipinski definition) is 2. The Bertz CT molecular complexity index is 1010. The van der Waals surface area contributed by atoms with Crippen LogP contribution < -0.4 is 10.2 Å². The van der Waals surface area contributed by atoms with E-state index < -0.39 is 0 Å². The fourth-order valence-electron chi connectivity index (χ4n) is 3.86. The van der Waals surface area contributed by atoms with E-state index >= 15 is 0 Å². The van der Waals surface area contributed by atoms with E-state index in [1.54, 1.807) is 12.1 Å². The molecule has 4 nitrogen and oxygen atoms in total. The van der Waals surface area contributed by atoms with Gasteiger partial charge in [-0.15, -0.1) is 0 Å². The number of carbonyl (C=O) groups is 2. The van der Waals surface area contributed by atoms with Gasteiger partial charge in [-0.1, -0.05) is 42.5 Å². The first kappa shape index (κ1) is 18.2. The lowest BCUT2D eigenvalue weighted by Gasteiger charge is -2.26. The van der Waals surface area contributed by atoms with Gasteiger partial charge < -0.3 is 10.2 Å². The van der Waals surface area contributed by atoms with Gasteiger partial charge in [0, 0.05) is 24.2 Å². The Morgan fingerprint density at radius 3 is 2.50 bits per heavy atom. The Labute approximate surface area is 165 Å². The molecule has 3 aromatic carbocycles. The van der Waals surface area contributed by atoms with Crippen LogP contribution >= 0.6 is 0 Å². The molecule has 4 rings (SSSR count). The van der Waals surface area contributed by atoms with Crippen LogP contribution in [-0.4, -0.2) is 18.4 Å². The fraction of sp³-hybridized carbons (Fsp3) is 0.250. The van der Waals surface area contributed by atoms with Gasteiger partial charge in [0.05, 0.1) is 6.04 Å². The van der Waals surface area contributed by atoms with Gasteiger partial charge in [0.2, 0.25) is 5.91 Å². The molecule has 1 saturated heterocycles. The van der Waals surface area contributed by atoms with Gasteiger partial charge in [0.25, 0.3) is 5.91 Å². The van der Waals surface area contributed by atoms with Gasteiger partial charge in [-0.2, -0.15) is 0 Å². The number of benzene rings is 3. The van der Waals surface area contributed by atoms with E-state index in [-0.39, 0.29) is 17.9 Å². The van der Waals surface area contributed by atoms with Gasteiger partial charge in [-0.25, -0.2) is 0 Å². The lowest BCUT2D eigenvalue weighted by Crippen LogP contribution is -2.35. The molecule has 1 heterocycles. The monoisotopic (exact) mass is 372 g/mol. The van der Waals surface area contributed by atoms with Gasteiger partial charge >= 0.3 is 0 Å². The largest absolute Gasteiger partial charge is 0.345 e. The number of piperidine rings is 1. The second kappa shape index (κ2) is 7.85. The maximum Gasteiger partial charge on any atom is 0.251 e. The van der Waals surface area contributed by atoms with Crippen molar-refractivity contribution in [2.75, 3.05) is 11.4 Å². The number of carbonyl (C=O) groups excluding carboxylic acids is 2. The van der Waals surface area contributed by atoms with Crippen molar-refractivity contribution >= 4 is 28.3 Å². The maximum atomic E-state index is 12.7. The molecule has 0 saturated carbocycles. The normalized spacial score (nSPS) is 15.5. The minimum Gasteiger partial charge on any atom is -0.345 e. The first-order valence-corrected chi connectivity index (χ1v) is 9.82. The Balaban J connectivity index is 1.49. The zero-order valence-electron chi connectivity index (χ0n) is 16.0. The van der Waals surface area contributed by atoms with E-state index in [1.165, 1.54) is 0 Å². The SMILES string of the molecule is CC(NC(=O)c1ccc(N2CCCCC2=O)cc1)c1cccc2ccccc12. The number of anilines is 1. The van der Waals surface area contributed by atoms with Crippen LogP contribution in [0, 0.1) is 0 Å². The van der Waals surface area contributed by atoms with Crippen molar-refractivity contribution in [2.24, 2.45) is 0 Å². The molecule has 0 aliphatic carbocycles. The fourth-order valence-corrected chi connectivity index (χ4v) is 3.86. The molecule has 1 aliphatic heterocycles. The highest BCUT2D eigenvalue weighted by Gasteiger charge is 2.20. The highest BCUT2D eigenvalue weighted by molar-refractivity contribution is 5.97. The van der Waals surface area contributed by atoms with E-state index in [1.807, 2.05) is 42.2 Å². The number of nitrogens with zero attached hydrogens (tertiary/aromatic N) is 1. The highest BCUT2D eigenvalue weighted by atomic mass is 16.2. The zero-order chi connectivity index (χ0) is 19.5. The van der Waals surface area contributed by atoms with Crippen LogP contribution in [0.3, 0.4) is 0 Å². The molecule has 2 amide bonds. The first-order valence-electron chi connectivity index (χ1n) is 9.82. The van der Waals surface area contributed by atoms with E-state index in [2.05, 4.69) is 29.6 Å². The molecular formula is C24H24N2O2. The summed E-state index contributed by atoms with van der Waals surface area (Å²) in [6.07, 6.45) is 2.59. The van der Waals surface area contributed by atoms with E-state index in [4.69, 9.17) is 0 Å². The molecule has 142 valence electrons. The molecule has 1 aliphatic rings. The standard InChI is InChI=1S/C24H24N2O2/c1-17(21-10-6-8-18-7-2-3-9-22(18)21)25-24(28)19-12-14-20(15-13-19)26-16-5-4-11-23(26)27/h2-3,6-10,12-15,17H,4-5,11,16H2,1H3,(H,25,28). The molecule has 0 aromatic heterocycles. The second-order valence-corrected chi connectivity index (χ2v) is 7.31. The summed E-state index contributed by atoms with van der Waals surface area (Å²) in [4.78, 5) is 26.6. The third-order valence-electron chi connectivity index (χ3n) is 5.40. The van der Waals surface area contributed by atoms with Crippen molar-refractivity contribution in [1.82, 2.24) is 5.32 Å². The Morgan fingerprint density at radius 2 is 1.71 bits per heavy atom. The van der Waals surface area contributed by atoms with Crippen LogP contribution in [0.15, 0.2) is 66.7 Å². The topological polar surface area (TPSA) is 49.4 Å². The quantitative estimate of drug-likeness (QED) is 0.712. The summed E-state index contributed by atoms with van der Waals surface area (Å²) in [6, 6.07) is 21.5. The average molecular weight is 372 g/mol. The molecular weight excluding hydrogens is 348 g/mol. The maximum absolute atomic E-state index is 12.7. The molecule has 28 heavy (non-hydrogen) atoms. The van der Waals surface area contributed by atoms with Crippen molar-refractivity contribution in [3.63, 3.8) is 0 Å². The van der Waals surface area contributed by atoms with E-state index in [0.29, 0.717) is 12.0 Å². The number of hydrogen-bond donors (Lipinski definition) is 1. The summed E-state index contributed by atoms with van der Waals surface area (Å²) in [6.45, 7) is 2.75. The molecule has 1 fully saturated rings. The average Bonchev–Trinajstić information content (AvgIpc) is 2.73. The Morgan fingerprint density at radius 1 is 0.964 bits per heavy atom. The summed E-state index contributed by atoms with van der Waals surface area (Å²) in [5.41, 5.74) is 2.56. The first-order chi connectivity index (χ1) is 13.6. The van der Waals surface area contributed by atoms with Crippen molar-refractivity contribution in [3.05, 3.63) is 77.9 Å². The van der Waals surface area contributed by atoms with Crippen LogP contribution in [0.2, 0.25) is 0 Å². The van der Waals surface area contributed by atoms with Crippen molar-refractivity contribution < 1.29 is 9.59 Å². The van der Waals surface area contributed by atoms with Gasteiger partial charge in [-0.3, -0.25) is 9.59 Å². The number of nitrogens with one attached hydrogen (secondary N) is 1. The lowest BCUT2D eigenvalue weighted by molar-refractivity contribution is -0.119. The van der Waals surface area contributed by atoms with Crippen molar-refractivity contribution in [3.8, 4) is 0 Å². The molecule has 0 bridgehead atoms. The smallest absolute Gasteiger partial charge is 0.251 e. The zero-order valence-corrected chi connectivity index (χ0v) is 16.0. The third kappa shape index (κ3) is 3.63. The van der Waals surface area contributed by atoms with Crippen LogP contribution in [0.25, 0.3) is 10.8 Å². The number of rotatable bonds is 4. The predicted molar refractivity (Wildman–Crippen MR) is 112 cm³/mol. The summed E-state index contributed by atoms with van der Waals surface area (Å²) in [5, 5.41) is 5.41. The molecule has 1 N–H and O–H groups in total. The second-order valence-electron chi connectivity index (χ2n) is 7.31. The van der Waals surface area contributed by atoms with Crippen LogP contribution in [0.5, 0.6) is 0 Å². The molecule has 4 heteroatoms. The van der Waals surface area contributed by atoms with Gasteiger partial charge in [0.1, 0.15) is 0 Å². The van der Waals surface area contributed by atoms with Crippen molar-refractivity contribution in [2.45, 2.75) is 32.2 Å². The molecule has 0 radical (unpaired) electrons. The van der Waals surface area contributed by atoms with Crippen LogP contribution in [0.1, 0.15) is 48.1 Å². The van der Waals surface area contributed by atoms with E-state index in [0.717, 1.165) is 41.4 Å². The minimum absolute atomic E-state index is 0.109. The van der Waals surface area contributed by atoms with Crippen molar-refractivity contribution in [1.29, 1.82) is 0 Å². The highest BCUT2D eigenvalue weighted by Crippen LogP contribution is 2.25. The van der Waals surface area contributed by atoms with E-state index in [9.17, 15) is 9.59 Å². The molecule has 1 atom stereocenters. The Hall–Kier alpha value is -3.14. The lowest BCUT2D eigenvalue weighted by atomic mass is 9.99. The molecule has 3 aromatic rings. The number of amides is 2. The minimum atomic E-state index is -0.114. The Kier molecular flexibility index (Phi) is 5.11. The summed E-state index contributed by atoms with van der Waals surface area (Å²) < 4.78 is 0. The predicted octanol–water partition coefficient (Wildman–Crippen LogP) is 4.85. The van der Waals surface area contributed by atoms with Crippen LogP contribution in [-0.2, 0) is 4.79 Å². The molecule has 1 unspecified atom stereocenters. The summed E-state index contributed by atoms with van der Waals surface area (Å²) in [7, 11) is 0. The van der Waals surface area contributed by atoms with Gasteiger partial charge in [-0.05, 0) is 60.4 Å². The van der Waals surface area contributed by atoms with Crippen LogP contribution in [0.4, 0.5) is 5.69 Å². The molecule has 0 spiro atoms. The third-order valence-corrected chi connectivity index (χ3v) is 5.40. The summed E-state index contributed by atoms with van der Waals surface area (Å²) in [5.74, 6) is 0.0463. The van der Waals surface area contributed by atoms with Gasteiger partial charge in [0.15, 0.2) is 0 Å².